The van der Waals surface area contributed by atoms with Gasteiger partial charge < -0.3 is 16.0 Å². The van der Waals surface area contributed by atoms with Crippen molar-refractivity contribution in [3.8, 4) is 0 Å². The Hall–Kier alpha value is -3.06. The van der Waals surface area contributed by atoms with Crippen LogP contribution in [0.4, 0.5) is 15.9 Å². The van der Waals surface area contributed by atoms with Crippen LogP contribution in [-0.2, 0) is 19.5 Å². The maximum Gasteiger partial charge on any atom is 0.133 e. The fraction of sp³-hybridized carbons (Fsp3) is 0.200. The molecule has 0 amide bonds. The molecular formula is C25H25ClFN5. The molecule has 0 spiro atoms. The summed E-state index contributed by atoms with van der Waals surface area (Å²) in [4.78, 5) is 8.99. The Balaban J connectivity index is 0.000000189. The number of fused-ring (bicyclic) bond motifs is 2. The molecule has 2 aromatic carbocycles. The second-order valence-corrected chi connectivity index (χ2v) is 7.90. The molecule has 5 rings (SSSR count). The number of rotatable bonds is 4. The van der Waals surface area contributed by atoms with Crippen LogP contribution in [0.2, 0.25) is 5.02 Å². The molecule has 32 heavy (non-hydrogen) atoms. The van der Waals surface area contributed by atoms with Crippen LogP contribution in [0.25, 0.3) is 10.9 Å². The molecule has 0 saturated carbocycles. The predicted molar refractivity (Wildman–Crippen MR) is 129 cm³/mol. The second-order valence-electron chi connectivity index (χ2n) is 7.50. The van der Waals surface area contributed by atoms with Crippen LogP contribution in [0.3, 0.4) is 0 Å². The molecule has 3 N–H and O–H groups in total. The molecule has 5 nitrogen and oxygen atoms in total. The minimum Gasteiger partial charge on any atom is -0.339 e. The van der Waals surface area contributed by atoms with Gasteiger partial charge in [0.05, 0.1) is 17.4 Å². The summed E-state index contributed by atoms with van der Waals surface area (Å²) in [7, 11) is 1.75. The molecule has 0 radical (unpaired) electrons. The van der Waals surface area contributed by atoms with Gasteiger partial charge in [-0.05, 0) is 55.9 Å². The summed E-state index contributed by atoms with van der Waals surface area (Å²) in [5.74, 6) is 0.693. The molecule has 1 aliphatic heterocycles. The van der Waals surface area contributed by atoms with Gasteiger partial charge >= 0.3 is 0 Å². The Morgan fingerprint density at radius 2 is 1.97 bits per heavy atom. The van der Waals surface area contributed by atoms with Gasteiger partial charge in [-0.25, -0.2) is 9.37 Å². The van der Waals surface area contributed by atoms with Gasteiger partial charge in [-0.1, -0.05) is 35.9 Å². The molecule has 164 valence electrons. The van der Waals surface area contributed by atoms with Crippen molar-refractivity contribution in [1.82, 2.24) is 20.6 Å². The van der Waals surface area contributed by atoms with E-state index in [9.17, 15) is 4.39 Å². The van der Waals surface area contributed by atoms with E-state index in [2.05, 4.69) is 44.1 Å². The Labute approximate surface area is 192 Å². The van der Waals surface area contributed by atoms with Gasteiger partial charge in [0.25, 0.3) is 0 Å². The Kier molecular flexibility index (Phi) is 7.27. The van der Waals surface area contributed by atoms with Crippen molar-refractivity contribution in [3.05, 3.63) is 94.5 Å². The number of nitrogens with zero attached hydrogens (tertiary/aromatic N) is 2. The quantitative estimate of drug-likeness (QED) is 0.399. The maximum atomic E-state index is 12.9. The van der Waals surface area contributed by atoms with Crippen molar-refractivity contribution in [1.29, 1.82) is 0 Å². The molecule has 0 bridgehead atoms. The predicted octanol–water partition coefficient (Wildman–Crippen LogP) is 5.22. The zero-order valence-corrected chi connectivity index (χ0v) is 18.6. The smallest absolute Gasteiger partial charge is 0.133 e. The largest absolute Gasteiger partial charge is 0.339 e. The van der Waals surface area contributed by atoms with Crippen molar-refractivity contribution < 1.29 is 4.39 Å². The lowest BCUT2D eigenvalue weighted by molar-refractivity contribution is 0.601. The summed E-state index contributed by atoms with van der Waals surface area (Å²) in [6.45, 7) is 2.39. The lowest BCUT2D eigenvalue weighted by Crippen LogP contribution is -2.24. The monoisotopic (exact) mass is 449 g/mol. The Morgan fingerprint density at radius 1 is 1.09 bits per heavy atom. The highest BCUT2D eigenvalue weighted by atomic mass is 35.5. The molecule has 7 heteroatoms. The highest BCUT2D eigenvalue weighted by molar-refractivity contribution is 6.31. The summed E-state index contributed by atoms with van der Waals surface area (Å²) in [6, 6.07) is 17.0. The Morgan fingerprint density at radius 3 is 2.81 bits per heavy atom. The molecule has 2 aromatic heterocycles. The number of nitrogens with one attached hydrogen (secondary N) is 3. The third-order valence-electron chi connectivity index (χ3n) is 5.29. The number of pyridine rings is 2. The molecule has 0 fully saturated rings. The normalized spacial score (nSPS) is 12.6. The summed E-state index contributed by atoms with van der Waals surface area (Å²) in [5, 5.41) is 11.3. The molecule has 1 aliphatic rings. The second kappa shape index (κ2) is 10.5. The van der Waals surface area contributed by atoms with Gasteiger partial charge in [0.2, 0.25) is 0 Å². The number of anilines is 2. The summed E-state index contributed by atoms with van der Waals surface area (Å²) < 4.78 is 12.9. The van der Waals surface area contributed by atoms with Crippen molar-refractivity contribution >= 4 is 34.0 Å². The van der Waals surface area contributed by atoms with Crippen molar-refractivity contribution in [2.75, 3.05) is 18.9 Å². The SMILES string of the molecule is CNCc1c(F)cccc1Cl.c1ccc2ncc(Nc3nccc4c3CCNC4)cc2c1. The van der Waals surface area contributed by atoms with E-state index in [1.54, 1.807) is 19.2 Å². The molecule has 0 saturated heterocycles. The molecule has 4 aromatic rings. The molecule has 0 atom stereocenters. The van der Waals surface area contributed by atoms with E-state index in [-0.39, 0.29) is 5.82 Å². The van der Waals surface area contributed by atoms with Crippen LogP contribution in [0, 0.1) is 5.82 Å². The van der Waals surface area contributed by atoms with Crippen LogP contribution >= 0.6 is 11.6 Å². The molecule has 3 heterocycles. The lowest BCUT2D eigenvalue weighted by atomic mass is 10.0. The topological polar surface area (TPSA) is 61.9 Å². The summed E-state index contributed by atoms with van der Waals surface area (Å²) >= 11 is 5.73. The van der Waals surface area contributed by atoms with Crippen molar-refractivity contribution in [3.63, 3.8) is 0 Å². The zero-order chi connectivity index (χ0) is 22.3. The van der Waals surface area contributed by atoms with E-state index < -0.39 is 0 Å². The number of para-hydroxylation sites is 1. The highest BCUT2D eigenvalue weighted by Gasteiger charge is 2.13. The van der Waals surface area contributed by atoms with E-state index in [1.807, 2.05) is 30.6 Å². The van der Waals surface area contributed by atoms with Gasteiger partial charge in [0.15, 0.2) is 0 Å². The van der Waals surface area contributed by atoms with Crippen molar-refractivity contribution in [2.45, 2.75) is 19.5 Å². The minimum atomic E-state index is -0.258. The first kappa shape index (κ1) is 22.1. The van der Waals surface area contributed by atoms with E-state index in [0.717, 1.165) is 41.9 Å². The van der Waals surface area contributed by atoms with Gasteiger partial charge in [-0.2, -0.15) is 0 Å². The number of benzene rings is 2. The summed E-state index contributed by atoms with van der Waals surface area (Å²) in [5.41, 5.74) is 5.15. The third-order valence-corrected chi connectivity index (χ3v) is 5.64. The average Bonchev–Trinajstić information content (AvgIpc) is 2.82. The number of halogens is 2. The third kappa shape index (κ3) is 5.22. The highest BCUT2D eigenvalue weighted by Crippen LogP contribution is 2.25. The molecule has 0 unspecified atom stereocenters. The van der Waals surface area contributed by atoms with Gasteiger partial charge in [0.1, 0.15) is 11.6 Å². The number of aromatic nitrogens is 2. The lowest BCUT2D eigenvalue weighted by Gasteiger charge is -2.20. The summed E-state index contributed by atoms with van der Waals surface area (Å²) in [6.07, 6.45) is 4.74. The zero-order valence-electron chi connectivity index (χ0n) is 17.8. The maximum absolute atomic E-state index is 12.9. The van der Waals surface area contributed by atoms with Gasteiger partial charge in [-0.15, -0.1) is 0 Å². The fourth-order valence-corrected chi connectivity index (χ4v) is 3.91. The standard InChI is InChI=1S/C17H16N4.C8H9ClFN/c1-2-4-16-12(3-1)9-14(11-20-16)21-17-15-6-7-18-10-13(15)5-8-19-17;1-11-5-6-7(9)3-2-4-8(6)10/h1-5,8-9,11,18H,6-7,10H2,(H,19,21);2-4,11H,5H2,1H3. The number of hydrogen-bond donors (Lipinski definition) is 3. The van der Waals surface area contributed by atoms with Gasteiger partial charge in [0, 0.05) is 40.8 Å². The molecule has 0 aliphatic carbocycles. The van der Waals surface area contributed by atoms with Crippen LogP contribution in [0.15, 0.2) is 67.0 Å². The van der Waals surface area contributed by atoms with Crippen LogP contribution < -0.4 is 16.0 Å². The van der Waals surface area contributed by atoms with E-state index >= 15 is 0 Å². The van der Waals surface area contributed by atoms with Crippen molar-refractivity contribution in [2.24, 2.45) is 0 Å². The van der Waals surface area contributed by atoms with E-state index in [1.165, 1.54) is 17.2 Å². The Bertz CT molecular complexity index is 1190. The van der Waals surface area contributed by atoms with E-state index in [0.29, 0.717) is 17.1 Å². The van der Waals surface area contributed by atoms with Gasteiger partial charge in [-0.3, -0.25) is 4.98 Å². The first-order chi connectivity index (χ1) is 15.7. The minimum absolute atomic E-state index is 0.258. The van der Waals surface area contributed by atoms with Crippen LogP contribution in [0.1, 0.15) is 16.7 Å². The fourth-order valence-electron chi connectivity index (χ4n) is 3.68. The van der Waals surface area contributed by atoms with E-state index in [4.69, 9.17) is 11.6 Å². The van der Waals surface area contributed by atoms with Crippen LogP contribution in [0.5, 0.6) is 0 Å². The number of hydrogen-bond acceptors (Lipinski definition) is 5. The molecular weight excluding hydrogens is 425 g/mol. The first-order valence-corrected chi connectivity index (χ1v) is 10.9. The first-order valence-electron chi connectivity index (χ1n) is 10.5. The average molecular weight is 450 g/mol. The van der Waals surface area contributed by atoms with Crippen LogP contribution in [-0.4, -0.2) is 23.6 Å².